The van der Waals surface area contributed by atoms with Crippen molar-refractivity contribution < 1.29 is 4.74 Å². The molecule has 1 aliphatic rings. The molecular weight excluding hydrogens is 288 g/mol. The van der Waals surface area contributed by atoms with Crippen LogP contribution in [-0.4, -0.2) is 57.2 Å². The van der Waals surface area contributed by atoms with Crippen LogP contribution >= 0.6 is 0 Å². The first-order chi connectivity index (χ1) is 11.3. The quantitative estimate of drug-likeness (QED) is 0.596. The van der Waals surface area contributed by atoms with Crippen molar-refractivity contribution in [3.8, 4) is 0 Å². The van der Waals surface area contributed by atoms with Crippen LogP contribution in [0.15, 0.2) is 35.3 Å². The van der Waals surface area contributed by atoms with Crippen molar-refractivity contribution in [2.75, 3.05) is 40.3 Å². The second kappa shape index (κ2) is 9.53. The highest BCUT2D eigenvalue weighted by molar-refractivity contribution is 5.79. The van der Waals surface area contributed by atoms with Crippen molar-refractivity contribution >= 4 is 5.96 Å². The van der Waals surface area contributed by atoms with Gasteiger partial charge >= 0.3 is 0 Å². The summed E-state index contributed by atoms with van der Waals surface area (Å²) in [5, 5.41) is 6.82. The third-order valence-corrected chi connectivity index (χ3v) is 4.54. The lowest BCUT2D eigenvalue weighted by molar-refractivity contribution is 0.106. The minimum atomic E-state index is 0.0216. The standard InChI is InChI=1S/C18H30N4O/c1-4-22-12-8-11-16(22)13-20-18(19-2)21-14-17(23-3)15-9-6-5-7-10-15/h5-7,9-10,16-17H,4,8,11-14H2,1-3H3,(H2,19,20,21). The molecule has 0 aliphatic carbocycles. The minimum absolute atomic E-state index is 0.0216. The molecule has 2 atom stereocenters. The number of nitrogens with one attached hydrogen (secondary N) is 2. The molecule has 1 saturated heterocycles. The predicted octanol–water partition coefficient (Wildman–Crippen LogP) is 2.02. The van der Waals surface area contributed by atoms with Gasteiger partial charge in [0.05, 0.1) is 6.10 Å². The Morgan fingerprint density at radius 3 is 2.78 bits per heavy atom. The van der Waals surface area contributed by atoms with E-state index in [0.717, 1.165) is 19.0 Å². The second-order valence-corrected chi connectivity index (χ2v) is 5.89. The Balaban J connectivity index is 1.80. The summed E-state index contributed by atoms with van der Waals surface area (Å²) in [6.45, 7) is 6.21. The summed E-state index contributed by atoms with van der Waals surface area (Å²) < 4.78 is 5.59. The fourth-order valence-electron chi connectivity index (χ4n) is 3.17. The lowest BCUT2D eigenvalue weighted by atomic mass is 10.1. The SMILES string of the molecule is CCN1CCCC1CNC(=NC)NCC(OC)c1ccccc1. The molecule has 2 unspecified atom stereocenters. The molecule has 0 aromatic heterocycles. The number of likely N-dealkylation sites (N-methyl/N-ethyl adjacent to an activating group) is 1. The van der Waals surface area contributed by atoms with Gasteiger partial charge in [0.25, 0.3) is 0 Å². The highest BCUT2D eigenvalue weighted by Gasteiger charge is 2.22. The molecule has 1 heterocycles. The molecule has 1 aromatic carbocycles. The van der Waals surface area contributed by atoms with Crippen LogP contribution in [0.25, 0.3) is 0 Å². The van der Waals surface area contributed by atoms with Gasteiger partial charge in [-0.15, -0.1) is 0 Å². The van der Waals surface area contributed by atoms with E-state index in [1.54, 1.807) is 7.11 Å². The normalized spacial score (nSPS) is 20.5. The molecule has 0 radical (unpaired) electrons. The largest absolute Gasteiger partial charge is 0.375 e. The number of hydrogen-bond acceptors (Lipinski definition) is 3. The van der Waals surface area contributed by atoms with E-state index in [0.29, 0.717) is 12.6 Å². The minimum Gasteiger partial charge on any atom is -0.375 e. The van der Waals surface area contributed by atoms with Gasteiger partial charge in [0.1, 0.15) is 0 Å². The fourth-order valence-corrected chi connectivity index (χ4v) is 3.17. The van der Waals surface area contributed by atoms with Crippen molar-refractivity contribution in [3.05, 3.63) is 35.9 Å². The summed E-state index contributed by atoms with van der Waals surface area (Å²) in [6, 6.07) is 10.9. The number of methoxy groups -OCH3 is 1. The first-order valence-corrected chi connectivity index (χ1v) is 8.54. The molecule has 23 heavy (non-hydrogen) atoms. The van der Waals surface area contributed by atoms with Crippen molar-refractivity contribution in [3.63, 3.8) is 0 Å². The van der Waals surface area contributed by atoms with Gasteiger partial charge in [0.15, 0.2) is 5.96 Å². The highest BCUT2D eigenvalue weighted by atomic mass is 16.5. The average Bonchev–Trinajstić information content (AvgIpc) is 3.06. The summed E-state index contributed by atoms with van der Waals surface area (Å²) in [7, 11) is 3.55. The Labute approximate surface area is 140 Å². The number of aliphatic imine (C=N–C) groups is 1. The van der Waals surface area contributed by atoms with Gasteiger partial charge in [-0.05, 0) is 31.5 Å². The Bertz CT molecular complexity index is 477. The van der Waals surface area contributed by atoms with Crippen molar-refractivity contribution in [2.45, 2.75) is 31.9 Å². The first kappa shape index (κ1) is 17.8. The fraction of sp³-hybridized carbons (Fsp3) is 0.611. The van der Waals surface area contributed by atoms with Gasteiger partial charge in [-0.3, -0.25) is 9.89 Å². The number of guanidine groups is 1. The number of nitrogens with zero attached hydrogens (tertiary/aromatic N) is 2. The van der Waals surface area contributed by atoms with E-state index in [2.05, 4.69) is 39.6 Å². The van der Waals surface area contributed by atoms with Crippen molar-refractivity contribution in [2.24, 2.45) is 4.99 Å². The average molecular weight is 318 g/mol. The molecule has 2 rings (SSSR count). The van der Waals surface area contributed by atoms with Crippen molar-refractivity contribution in [1.82, 2.24) is 15.5 Å². The highest BCUT2D eigenvalue weighted by Crippen LogP contribution is 2.16. The first-order valence-electron chi connectivity index (χ1n) is 8.54. The van der Waals surface area contributed by atoms with E-state index in [4.69, 9.17) is 4.74 Å². The molecule has 1 fully saturated rings. The molecule has 0 saturated carbocycles. The number of hydrogen-bond donors (Lipinski definition) is 2. The third-order valence-electron chi connectivity index (χ3n) is 4.54. The molecule has 0 bridgehead atoms. The second-order valence-electron chi connectivity index (χ2n) is 5.89. The number of benzene rings is 1. The van der Waals surface area contributed by atoms with Crippen LogP contribution in [0.4, 0.5) is 0 Å². The maximum Gasteiger partial charge on any atom is 0.191 e. The maximum atomic E-state index is 5.59. The topological polar surface area (TPSA) is 48.9 Å². The third kappa shape index (κ3) is 5.22. The maximum absolute atomic E-state index is 5.59. The zero-order valence-corrected chi connectivity index (χ0v) is 14.6. The van der Waals surface area contributed by atoms with E-state index in [-0.39, 0.29) is 6.10 Å². The number of ether oxygens (including phenoxy) is 1. The predicted molar refractivity (Wildman–Crippen MR) is 95.8 cm³/mol. The summed E-state index contributed by atoms with van der Waals surface area (Å²) in [4.78, 5) is 6.85. The molecule has 1 aromatic rings. The molecule has 1 aliphatic heterocycles. The van der Waals surface area contributed by atoms with Gasteiger partial charge in [-0.2, -0.15) is 0 Å². The van der Waals surface area contributed by atoms with Crippen LogP contribution in [0.3, 0.4) is 0 Å². The Kier molecular flexibility index (Phi) is 7.36. The van der Waals surface area contributed by atoms with Crippen LogP contribution in [-0.2, 0) is 4.74 Å². The summed E-state index contributed by atoms with van der Waals surface area (Å²) >= 11 is 0. The van der Waals surface area contributed by atoms with Crippen LogP contribution in [0.1, 0.15) is 31.4 Å². The molecular formula is C18H30N4O. The summed E-state index contributed by atoms with van der Waals surface area (Å²) in [5.41, 5.74) is 1.17. The van der Waals surface area contributed by atoms with E-state index >= 15 is 0 Å². The van der Waals surface area contributed by atoms with Gasteiger partial charge < -0.3 is 15.4 Å². The molecule has 0 spiro atoms. The van der Waals surface area contributed by atoms with E-state index < -0.39 is 0 Å². The van der Waals surface area contributed by atoms with Gasteiger partial charge in [0, 0.05) is 33.3 Å². The van der Waals surface area contributed by atoms with Gasteiger partial charge in [0.2, 0.25) is 0 Å². The van der Waals surface area contributed by atoms with E-state index in [1.165, 1.54) is 24.9 Å². The van der Waals surface area contributed by atoms with Crippen LogP contribution in [0, 0.1) is 0 Å². The monoisotopic (exact) mass is 318 g/mol. The number of likely N-dealkylation sites (tertiary alicyclic amines) is 1. The molecule has 0 amide bonds. The summed E-state index contributed by atoms with van der Waals surface area (Å²) in [5.74, 6) is 0.839. The zero-order valence-electron chi connectivity index (χ0n) is 14.6. The van der Waals surface area contributed by atoms with Gasteiger partial charge in [-0.25, -0.2) is 0 Å². The zero-order chi connectivity index (χ0) is 16.5. The molecule has 2 N–H and O–H groups in total. The Morgan fingerprint density at radius 2 is 2.13 bits per heavy atom. The molecule has 5 nitrogen and oxygen atoms in total. The lowest BCUT2D eigenvalue weighted by Crippen LogP contribution is -2.45. The van der Waals surface area contributed by atoms with Crippen molar-refractivity contribution in [1.29, 1.82) is 0 Å². The van der Waals surface area contributed by atoms with E-state index in [1.807, 2.05) is 25.2 Å². The Morgan fingerprint density at radius 1 is 1.35 bits per heavy atom. The molecule has 128 valence electrons. The lowest BCUT2D eigenvalue weighted by Gasteiger charge is -2.24. The van der Waals surface area contributed by atoms with Crippen LogP contribution in [0.2, 0.25) is 0 Å². The smallest absolute Gasteiger partial charge is 0.191 e. The Hall–Kier alpha value is -1.59. The summed E-state index contributed by atoms with van der Waals surface area (Å²) in [6.07, 6.45) is 2.59. The van der Waals surface area contributed by atoms with Gasteiger partial charge in [-0.1, -0.05) is 37.3 Å². The molecule has 5 heteroatoms. The van der Waals surface area contributed by atoms with Crippen LogP contribution in [0.5, 0.6) is 0 Å². The van der Waals surface area contributed by atoms with Crippen LogP contribution < -0.4 is 10.6 Å². The van der Waals surface area contributed by atoms with E-state index in [9.17, 15) is 0 Å². The number of rotatable bonds is 7.